The lowest BCUT2D eigenvalue weighted by Crippen LogP contribution is -1.99. The summed E-state index contributed by atoms with van der Waals surface area (Å²) >= 11 is 5.63. The maximum Gasteiger partial charge on any atom is 0.334 e. The fraction of sp³-hybridized carbons (Fsp3) is 0.100. The van der Waals surface area contributed by atoms with Crippen LogP contribution in [0.25, 0.3) is 10.9 Å². The number of halogens is 2. The van der Waals surface area contributed by atoms with Crippen LogP contribution in [0.3, 0.4) is 0 Å². The Hall–Kier alpha value is -1.95. The number of pyridine rings is 1. The summed E-state index contributed by atoms with van der Waals surface area (Å²) in [5.41, 5.74) is -0.540. The van der Waals surface area contributed by atoms with Gasteiger partial charge in [0.25, 0.3) is 0 Å². The number of nitro groups is 1. The third kappa shape index (κ3) is 1.66. The first-order chi connectivity index (χ1) is 8.07. The van der Waals surface area contributed by atoms with E-state index >= 15 is 0 Å². The number of benzene rings is 1. The van der Waals surface area contributed by atoms with Crippen molar-refractivity contribution in [3.8, 4) is 5.75 Å². The van der Waals surface area contributed by atoms with Gasteiger partial charge in [0.05, 0.1) is 12.0 Å². The van der Waals surface area contributed by atoms with E-state index in [4.69, 9.17) is 16.3 Å². The van der Waals surface area contributed by atoms with Crippen LogP contribution in [-0.4, -0.2) is 17.0 Å². The molecule has 0 saturated heterocycles. The van der Waals surface area contributed by atoms with Crippen molar-refractivity contribution in [2.75, 3.05) is 7.11 Å². The average molecular weight is 257 g/mol. The zero-order chi connectivity index (χ0) is 12.6. The molecule has 0 atom stereocenters. The molecule has 88 valence electrons. The molecule has 2 rings (SSSR count). The van der Waals surface area contributed by atoms with Crippen molar-refractivity contribution >= 4 is 28.2 Å². The van der Waals surface area contributed by atoms with Gasteiger partial charge in [0.15, 0.2) is 10.8 Å². The van der Waals surface area contributed by atoms with E-state index in [2.05, 4.69) is 4.98 Å². The number of hydrogen-bond donors (Lipinski definition) is 0. The fourth-order valence-electron chi connectivity index (χ4n) is 1.55. The molecule has 0 saturated carbocycles. The largest absolute Gasteiger partial charge is 0.489 e. The molecule has 0 bridgehead atoms. The molecule has 17 heavy (non-hydrogen) atoms. The van der Waals surface area contributed by atoms with Crippen molar-refractivity contribution in [3.05, 3.63) is 39.3 Å². The maximum absolute atomic E-state index is 13.8. The van der Waals surface area contributed by atoms with E-state index in [9.17, 15) is 14.5 Å². The van der Waals surface area contributed by atoms with Gasteiger partial charge in [0.1, 0.15) is 5.52 Å². The summed E-state index contributed by atoms with van der Waals surface area (Å²) in [6.07, 6.45) is 1.39. The summed E-state index contributed by atoms with van der Waals surface area (Å²) in [6.45, 7) is 0. The molecule has 0 N–H and O–H groups in total. The standard InChI is InChI=1S/C10H6ClFN2O3/c1-17-10-8-5(3-2-4-13-8)7(12)6(11)9(10)14(15)16/h2-4H,1H3. The second kappa shape index (κ2) is 4.14. The Morgan fingerprint density at radius 1 is 1.59 bits per heavy atom. The quantitative estimate of drug-likeness (QED) is 0.612. The number of hydrogen-bond acceptors (Lipinski definition) is 4. The first-order valence-corrected chi connectivity index (χ1v) is 4.89. The summed E-state index contributed by atoms with van der Waals surface area (Å²) in [6, 6.07) is 2.93. The minimum Gasteiger partial charge on any atom is -0.489 e. The Morgan fingerprint density at radius 3 is 2.88 bits per heavy atom. The Kier molecular flexibility index (Phi) is 2.81. The van der Waals surface area contributed by atoms with Crippen LogP contribution >= 0.6 is 11.6 Å². The van der Waals surface area contributed by atoms with Gasteiger partial charge in [-0.2, -0.15) is 0 Å². The highest BCUT2D eigenvalue weighted by Crippen LogP contribution is 2.42. The van der Waals surface area contributed by atoms with Crippen molar-refractivity contribution in [2.24, 2.45) is 0 Å². The molecular formula is C10H6ClFN2O3. The molecule has 1 aromatic heterocycles. The number of aromatic nitrogens is 1. The van der Waals surface area contributed by atoms with Crippen LogP contribution in [0, 0.1) is 15.9 Å². The van der Waals surface area contributed by atoms with Crippen LogP contribution in [0.4, 0.5) is 10.1 Å². The van der Waals surface area contributed by atoms with Gasteiger partial charge in [0, 0.05) is 11.6 Å². The van der Waals surface area contributed by atoms with Gasteiger partial charge in [-0.3, -0.25) is 15.1 Å². The van der Waals surface area contributed by atoms with Crippen molar-refractivity contribution in [1.29, 1.82) is 0 Å². The molecule has 7 heteroatoms. The first kappa shape index (κ1) is 11.5. The van der Waals surface area contributed by atoms with Crippen molar-refractivity contribution in [2.45, 2.75) is 0 Å². The van der Waals surface area contributed by atoms with E-state index in [-0.39, 0.29) is 16.7 Å². The average Bonchev–Trinajstić information content (AvgIpc) is 2.33. The third-order valence-electron chi connectivity index (χ3n) is 2.26. The fourth-order valence-corrected chi connectivity index (χ4v) is 1.81. The number of nitrogens with zero attached hydrogens (tertiary/aromatic N) is 2. The number of methoxy groups -OCH3 is 1. The number of ether oxygens (including phenoxy) is 1. The lowest BCUT2D eigenvalue weighted by Gasteiger charge is -2.08. The Morgan fingerprint density at radius 2 is 2.29 bits per heavy atom. The Labute approximate surface area is 99.9 Å². The molecular weight excluding hydrogens is 251 g/mol. The second-order valence-corrected chi connectivity index (χ2v) is 3.54. The van der Waals surface area contributed by atoms with Crippen LogP contribution in [0.2, 0.25) is 5.02 Å². The van der Waals surface area contributed by atoms with Crippen molar-refractivity contribution in [3.63, 3.8) is 0 Å². The molecule has 0 aliphatic carbocycles. The monoisotopic (exact) mass is 256 g/mol. The normalized spacial score (nSPS) is 10.5. The number of nitro benzene ring substituents is 1. The highest BCUT2D eigenvalue weighted by Gasteiger charge is 2.28. The summed E-state index contributed by atoms with van der Waals surface area (Å²) < 4.78 is 18.7. The lowest BCUT2D eigenvalue weighted by atomic mass is 10.1. The SMILES string of the molecule is COc1c([N+](=O)[O-])c(Cl)c(F)c2cccnc12. The van der Waals surface area contributed by atoms with E-state index in [1.165, 1.54) is 25.4 Å². The van der Waals surface area contributed by atoms with E-state index in [0.29, 0.717) is 0 Å². The molecule has 0 radical (unpaired) electrons. The minimum atomic E-state index is -0.873. The van der Waals surface area contributed by atoms with Crippen LogP contribution < -0.4 is 4.74 Å². The van der Waals surface area contributed by atoms with Crippen LogP contribution in [-0.2, 0) is 0 Å². The van der Waals surface area contributed by atoms with Crippen molar-refractivity contribution in [1.82, 2.24) is 4.98 Å². The van der Waals surface area contributed by atoms with E-state index in [1.807, 2.05) is 0 Å². The summed E-state index contributed by atoms with van der Waals surface area (Å²) in [5.74, 6) is -1.01. The molecule has 0 unspecified atom stereocenters. The van der Waals surface area contributed by atoms with Gasteiger partial charge in [-0.1, -0.05) is 11.6 Å². The molecule has 0 amide bonds. The Balaban J connectivity index is 3.00. The molecule has 1 aromatic carbocycles. The summed E-state index contributed by atoms with van der Waals surface area (Å²) in [4.78, 5) is 13.9. The smallest absolute Gasteiger partial charge is 0.334 e. The van der Waals surface area contributed by atoms with Gasteiger partial charge < -0.3 is 4.74 Å². The van der Waals surface area contributed by atoms with Gasteiger partial charge in [-0.05, 0) is 12.1 Å². The zero-order valence-corrected chi connectivity index (χ0v) is 9.36. The van der Waals surface area contributed by atoms with E-state index in [1.54, 1.807) is 0 Å². The molecule has 0 aliphatic rings. The summed E-state index contributed by atoms with van der Waals surface area (Å²) in [7, 11) is 1.24. The van der Waals surface area contributed by atoms with Crippen LogP contribution in [0.1, 0.15) is 0 Å². The molecule has 2 aromatic rings. The highest BCUT2D eigenvalue weighted by molar-refractivity contribution is 6.34. The first-order valence-electron chi connectivity index (χ1n) is 4.52. The van der Waals surface area contributed by atoms with Gasteiger partial charge in [-0.25, -0.2) is 4.39 Å². The number of fused-ring (bicyclic) bond motifs is 1. The van der Waals surface area contributed by atoms with Crippen LogP contribution in [0.5, 0.6) is 5.75 Å². The van der Waals surface area contributed by atoms with E-state index in [0.717, 1.165) is 0 Å². The molecule has 5 nitrogen and oxygen atoms in total. The zero-order valence-electron chi connectivity index (χ0n) is 8.61. The van der Waals surface area contributed by atoms with Gasteiger partial charge >= 0.3 is 5.69 Å². The topological polar surface area (TPSA) is 65.3 Å². The second-order valence-electron chi connectivity index (χ2n) is 3.17. The summed E-state index contributed by atoms with van der Waals surface area (Å²) in [5, 5.41) is 10.4. The predicted octanol–water partition coefficient (Wildman–Crippen LogP) is 2.94. The molecule has 1 heterocycles. The number of rotatable bonds is 2. The lowest BCUT2D eigenvalue weighted by molar-refractivity contribution is -0.385. The van der Waals surface area contributed by atoms with Gasteiger partial charge in [-0.15, -0.1) is 0 Å². The molecule has 0 fully saturated rings. The van der Waals surface area contributed by atoms with Crippen molar-refractivity contribution < 1.29 is 14.1 Å². The molecule has 0 spiro atoms. The van der Waals surface area contributed by atoms with E-state index < -0.39 is 21.5 Å². The van der Waals surface area contributed by atoms with Crippen LogP contribution in [0.15, 0.2) is 18.3 Å². The maximum atomic E-state index is 13.8. The predicted molar refractivity (Wildman–Crippen MR) is 59.9 cm³/mol. The minimum absolute atomic E-state index is 0.0728. The Bertz CT molecular complexity index is 618. The highest BCUT2D eigenvalue weighted by atomic mass is 35.5. The molecule has 0 aliphatic heterocycles. The van der Waals surface area contributed by atoms with Gasteiger partial charge in [0.2, 0.25) is 5.75 Å². The third-order valence-corrected chi connectivity index (χ3v) is 2.61.